The van der Waals surface area contributed by atoms with Crippen LogP contribution in [-0.2, 0) is 16.1 Å². The summed E-state index contributed by atoms with van der Waals surface area (Å²) in [5.41, 5.74) is 0.601. The minimum Gasteiger partial charge on any atom is -0.480 e. The average molecular weight is 258 g/mol. The van der Waals surface area contributed by atoms with Crippen molar-refractivity contribution >= 4 is 23.2 Å². The minimum absolute atomic E-state index is 0.324. The molecule has 7 heteroatoms. The summed E-state index contributed by atoms with van der Waals surface area (Å²) < 4.78 is 4.93. The zero-order valence-corrected chi connectivity index (χ0v) is 10.7. The summed E-state index contributed by atoms with van der Waals surface area (Å²) in [6, 6.07) is 0. The van der Waals surface area contributed by atoms with E-state index in [1.807, 2.05) is 0 Å². The van der Waals surface area contributed by atoms with Crippen LogP contribution in [-0.4, -0.2) is 47.6 Å². The molecule has 0 aliphatic carbocycles. The molecule has 0 aliphatic heterocycles. The number of amides is 1. The number of carbonyl (C=O) groups excluding carboxylic acids is 1. The number of aromatic nitrogens is 1. The molecule has 0 atom stereocenters. The number of carboxylic acids is 1. The summed E-state index contributed by atoms with van der Waals surface area (Å²) in [7, 11) is 3.00. The van der Waals surface area contributed by atoms with Crippen LogP contribution in [0.3, 0.4) is 0 Å². The highest BCUT2D eigenvalue weighted by Gasteiger charge is 2.20. The molecule has 0 saturated heterocycles. The molecule has 0 aromatic carbocycles. The Bertz CT molecular complexity index is 430. The molecule has 1 amide bonds. The number of ether oxygens (including phenoxy) is 1. The quantitative estimate of drug-likeness (QED) is 0.843. The van der Waals surface area contributed by atoms with Gasteiger partial charge in [-0.05, 0) is 6.92 Å². The molecule has 0 saturated carbocycles. The van der Waals surface area contributed by atoms with Gasteiger partial charge in [0.15, 0.2) is 0 Å². The molecule has 1 aromatic heterocycles. The van der Waals surface area contributed by atoms with Crippen LogP contribution in [0, 0.1) is 6.92 Å². The number of carbonyl (C=O) groups is 2. The second-order valence-electron chi connectivity index (χ2n) is 3.51. The molecule has 0 spiro atoms. The van der Waals surface area contributed by atoms with Crippen molar-refractivity contribution in [2.45, 2.75) is 13.5 Å². The molecule has 0 radical (unpaired) electrons. The fourth-order valence-corrected chi connectivity index (χ4v) is 2.32. The maximum absolute atomic E-state index is 11.9. The Morgan fingerprint density at radius 3 is 2.71 bits per heavy atom. The normalized spacial score (nSPS) is 10.3. The summed E-state index contributed by atoms with van der Waals surface area (Å²) in [5.74, 6) is -1.37. The standard InChI is InChI=1S/C10H14N2O4S/c1-6-9(17-7(11-6)5-16-3)10(15)12(2)4-8(13)14/h4-5H2,1-3H3,(H,13,14). The second-order valence-corrected chi connectivity index (χ2v) is 4.59. The first kappa shape index (κ1) is 13.6. The van der Waals surface area contributed by atoms with E-state index in [-0.39, 0.29) is 12.5 Å². The van der Waals surface area contributed by atoms with E-state index >= 15 is 0 Å². The largest absolute Gasteiger partial charge is 0.480 e. The Labute approximate surface area is 103 Å². The smallest absolute Gasteiger partial charge is 0.323 e. The SMILES string of the molecule is COCc1nc(C)c(C(=O)N(C)CC(=O)O)s1. The van der Waals surface area contributed by atoms with E-state index in [1.54, 1.807) is 14.0 Å². The number of thiazole rings is 1. The number of likely N-dealkylation sites (N-methyl/N-ethyl adjacent to an activating group) is 1. The Balaban J connectivity index is 2.84. The number of rotatable bonds is 5. The van der Waals surface area contributed by atoms with E-state index in [9.17, 15) is 9.59 Å². The number of carboxylic acid groups (broad SMARTS) is 1. The van der Waals surface area contributed by atoms with Crippen LogP contribution >= 0.6 is 11.3 Å². The highest BCUT2D eigenvalue weighted by molar-refractivity contribution is 7.13. The number of aryl methyl sites for hydroxylation is 1. The van der Waals surface area contributed by atoms with Gasteiger partial charge in [0.2, 0.25) is 0 Å². The lowest BCUT2D eigenvalue weighted by atomic mass is 10.3. The first-order valence-corrected chi connectivity index (χ1v) is 5.69. The predicted molar refractivity (Wildman–Crippen MR) is 62.2 cm³/mol. The lowest BCUT2D eigenvalue weighted by molar-refractivity contribution is -0.137. The van der Waals surface area contributed by atoms with Crippen LogP contribution < -0.4 is 0 Å². The summed E-state index contributed by atoms with van der Waals surface area (Å²) in [4.78, 5) is 28.2. The molecular weight excluding hydrogens is 244 g/mol. The van der Waals surface area contributed by atoms with Crippen LogP contribution in [0.4, 0.5) is 0 Å². The van der Waals surface area contributed by atoms with Crippen LogP contribution in [0.15, 0.2) is 0 Å². The van der Waals surface area contributed by atoms with Gasteiger partial charge in [-0.15, -0.1) is 11.3 Å². The first-order chi connectivity index (χ1) is 7.95. The van der Waals surface area contributed by atoms with Gasteiger partial charge in [0.25, 0.3) is 5.91 Å². The Morgan fingerprint density at radius 1 is 1.53 bits per heavy atom. The summed E-state index contributed by atoms with van der Waals surface area (Å²) in [6.45, 7) is 1.74. The van der Waals surface area contributed by atoms with E-state index in [0.29, 0.717) is 22.2 Å². The van der Waals surface area contributed by atoms with Crippen LogP contribution in [0.1, 0.15) is 20.4 Å². The molecule has 0 bridgehead atoms. The van der Waals surface area contributed by atoms with E-state index in [1.165, 1.54) is 18.4 Å². The highest BCUT2D eigenvalue weighted by atomic mass is 32.1. The molecule has 1 aromatic rings. The van der Waals surface area contributed by atoms with Gasteiger partial charge in [-0.25, -0.2) is 4.98 Å². The zero-order chi connectivity index (χ0) is 13.0. The van der Waals surface area contributed by atoms with Gasteiger partial charge in [0, 0.05) is 14.2 Å². The third-order valence-electron chi connectivity index (χ3n) is 2.02. The predicted octanol–water partition coefficient (Wildman–Crippen LogP) is 0.755. The second kappa shape index (κ2) is 5.74. The number of hydrogen-bond donors (Lipinski definition) is 1. The van der Waals surface area contributed by atoms with E-state index in [2.05, 4.69) is 4.98 Å². The van der Waals surface area contributed by atoms with Gasteiger partial charge in [-0.2, -0.15) is 0 Å². The highest BCUT2D eigenvalue weighted by Crippen LogP contribution is 2.20. The van der Waals surface area contributed by atoms with Crippen molar-refractivity contribution in [3.8, 4) is 0 Å². The fraction of sp³-hybridized carbons (Fsp3) is 0.500. The van der Waals surface area contributed by atoms with Crippen LogP contribution in [0.2, 0.25) is 0 Å². The number of methoxy groups -OCH3 is 1. The molecule has 94 valence electrons. The van der Waals surface area contributed by atoms with Crippen molar-refractivity contribution in [2.75, 3.05) is 20.7 Å². The third-order valence-corrected chi connectivity index (χ3v) is 3.14. The Kier molecular flexibility index (Phi) is 4.59. The fourth-order valence-electron chi connectivity index (χ4n) is 1.28. The third kappa shape index (κ3) is 3.50. The molecule has 0 fully saturated rings. The van der Waals surface area contributed by atoms with Crippen molar-refractivity contribution in [1.29, 1.82) is 0 Å². The lowest BCUT2D eigenvalue weighted by Gasteiger charge is -2.13. The average Bonchev–Trinajstić information content (AvgIpc) is 2.58. The molecule has 0 unspecified atom stereocenters. The molecule has 0 aliphatic rings. The maximum atomic E-state index is 11.9. The Hall–Kier alpha value is -1.47. The summed E-state index contributed by atoms with van der Waals surface area (Å²) >= 11 is 1.23. The maximum Gasteiger partial charge on any atom is 0.323 e. The number of nitrogens with zero attached hydrogens (tertiary/aromatic N) is 2. The van der Waals surface area contributed by atoms with E-state index in [0.717, 1.165) is 4.90 Å². The van der Waals surface area contributed by atoms with Gasteiger partial charge in [0.1, 0.15) is 16.4 Å². The molecule has 17 heavy (non-hydrogen) atoms. The van der Waals surface area contributed by atoms with Crippen molar-refractivity contribution in [2.24, 2.45) is 0 Å². The van der Waals surface area contributed by atoms with Crippen LogP contribution in [0.25, 0.3) is 0 Å². The van der Waals surface area contributed by atoms with Gasteiger partial charge in [0.05, 0.1) is 12.3 Å². The molecule has 1 heterocycles. The molecule has 6 nitrogen and oxygen atoms in total. The number of aliphatic carboxylic acids is 1. The molecular formula is C10H14N2O4S. The zero-order valence-electron chi connectivity index (χ0n) is 9.89. The van der Waals surface area contributed by atoms with Crippen molar-refractivity contribution < 1.29 is 19.4 Å². The van der Waals surface area contributed by atoms with E-state index < -0.39 is 5.97 Å². The van der Waals surface area contributed by atoms with Gasteiger partial charge in [-0.3, -0.25) is 9.59 Å². The monoisotopic (exact) mass is 258 g/mol. The van der Waals surface area contributed by atoms with Crippen molar-refractivity contribution in [1.82, 2.24) is 9.88 Å². The number of hydrogen-bond acceptors (Lipinski definition) is 5. The topological polar surface area (TPSA) is 79.7 Å². The Morgan fingerprint density at radius 2 is 2.18 bits per heavy atom. The van der Waals surface area contributed by atoms with Crippen molar-refractivity contribution in [3.05, 3.63) is 15.6 Å². The van der Waals surface area contributed by atoms with Crippen LogP contribution in [0.5, 0.6) is 0 Å². The van der Waals surface area contributed by atoms with E-state index in [4.69, 9.17) is 9.84 Å². The first-order valence-electron chi connectivity index (χ1n) is 4.88. The van der Waals surface area contributed by atoms with Gasteiger partial charge in [-0.1, -0.05) is 0 Å². The molecule has 1 rings (SSSR count). The van der Waals surface area contributed by atoms with Gasteiger partial charge < -0.3 is 14.7 Å². The van der Waals surface area contributed by atoms with Gasteiger partial charge >= 0.3 is 5.97 Å². The summed E-state index contributed by atoms with van der Waals surface area (Å²) in [6.07, 6.45) is 0. The molecule has 1 N–H and O–H groups in total. The summed E-state index contributed by atoms with van der Waals surface area (Å²) in [5, 5.41) is 9.32. The van der Waals surface area contributed by atoms with Crippen molar-refractivity contribution in [3.63, 3.8) is 0 Å². The minimum atomic E-state index is -1.04. The lowest BCUT2D eigenvalue weighted by Crippen LogP contribution is -2.31.